The number of phenolic OH excluding ortho intramolecular Hbond substituents is 1. The van der Waals surface area contributed by atoms with Crippen LogP contribution in [0.15, 0.2) is 18.2 Å². The predicted octanol–water partition coefficient (Wildman–Crippen LogP) is 2.78. The summed E-state index contributed by atoms with van der Waals surface area (Å²) < 4.78 is 13.3. The number of hydrogen-bond acceptors (Lipinski definition) is 3. The summed E-state index contributed by atoms with van der Waals surface area (Å²) in [6, 6.07) is 3.87. The summed E-state index contributed by atoms with van der Waals surface area (Å²) in [5.74, 6) is -1.36. The molecule has 3 atom stereocenters. The molecule has 5 heteroatoms. The molecule has 1 saturated heterocycles. The Labute approximate surface area is 117 Å². The predicted molar refractivity (Wildman–Crippen MR) is 73.0 cm³/mol. The summed E-state index contributed by atoms with van der Waals surface area (Å²) in [6.45, 7) is 4.52. The van der Waals surface area contributed by atoms with Gasteiger partial charge in [0.15, 0.2) is 0 Å². The fourth-order valence-corrected chi connectivity index (χ4v) is 3.03. The number of hydrogen-bond donors (Lipinski definition) is 2. The number of piperidine rings is 1. The number of nitrogens with zero attached hydrogens (tertiary/aromatic N) is 1. The fourth-order valence-electron chi connectivity index (χ4n) is 3.03. The highest BCUT2D eigenvalue weighted by Gasteiger charge is 2.33. The van der Waals surface area contributed by atoms with Crippen LogP contribution in [0, 0.1) is 11.7 Å². The van der Waals surface area contributed by atoms with Gasteiger partial charge in [0.2, 0.25) is 0 Å². The number of carboxylic acid groups (broad SMARTS) is 1. The van der Waals surface area contributed by atoms with Crippen molar-refractivity contribution in [2.75, 3.05) is 6.54 Å². The molecule has 1 aromatic rings. The molecule has 0 bridgehead atoms. The van der Waals surface area contributed by atoms with Crippen molar-refractivity contribution < 1.29 is 19.4 Å². The molecule has 2 N–H and O–H groups in total. The third-order valence-electron chi connectivity index (χ3n) is 4.21. The fraction of sp³-hybridized carbons (Fsp3) is 0.533. The van der Waals surface area contributed by atoms with Crippen LogP contribution in [-0.2, 0) is 4.79 Å². The quantitative estimate of drug-likeness (QED) is 0.894. The van der Waals surface area contributed by atoms with Gasteiger partial charge in [-0.25, -0.2) is 4.39 Å². The molecule has 1 aromatic carbocycles. The Morgan fingerprint density at radius 1 is 1.50 bits per heavy atom. The van der Waals surface area contributed by atoms with Gasteiger partial charge in [0, 0.05) is 17.6 Å². The Balaban J connectivity index is 2.15. The van der Waals surface area contributed by atoms with E-state index in [2.05, 4.69) is 4.90 Å². The zero-order valence-electron chi connectivity index (χ0n) is 11.7. The molecule has 1 aliphatic heterocycles. The normalized spacial score (nSPS) is 25.4. The van der Waals surface area contributed by atoms with E-state index in [4.69, 9.17) is 5.11 Å². The number of likely N-dealkylation sites (tertiary alicyclic amines) is 1. The van der Waals surface area contributed by atoms with Crippen molar-refractivity contribution in [1.82, 2.24) is 4.90 Å². The van der Waals surface area contributed by atoms with Crippen LogP contribution in [0.3, 0.4) is 0 Å². The lowest BCUT2D eigenvalue weighted by Gasteiger charge is -2.40. The highest BCUT2D eigenvalue weighted by atomic mass is 19.1. The summed E-state index contributed by atoms with van der Waals surface area (Å²) in [5, 5.41) is 18.9. The van der Waals surface area contributed by atoms with E-state index in [1.807, 2.05) is 13.8 Å². The second-order valence-corrected chi connectivity index (χ2v) is 5.53. The van der Waals surface area contributed by atoms with Crippen molar-refractivity contribution in [3.05, 3.63) is 29.6 Å². The van der Waals surface area contributed by atoms with Crippen molar-refractivity contribution >= 4 is 5.97 Å². The molecule has 0 aromatic heterocycles. The van der Waals surface area contributed by atoms with Crippen LogP contribution in [0.5, 0.6) is 5.75 Å². The molecule has 0 saturated carbocycles. The molecule has 20 heavy (non-hydrogen) atoms. The van der Waals surface area contributed by atoms with Crippen LogP contribution in [-0.4, -0.2) is 33.7 Å². The summed E-state index contributed by atoms with van der Waals surface area (Å²) >= 11 is 0. The topological polar surface area (TPSA) is 60.8 Å². The molecule has 0 aliphatic carbocycles. The lowest BCUT2D eigenvalue weighted by molar-refractivity contribution is -0.144. The Morgan fingerprint density at radius 2 is 2.20 bits per heavy atom. The molecule has 1 fully saturated rings. The molecule has 2 rings (SSSR count). The average Bonchev–Trinajstić information content (AvgIpc) is 2.40. The van der Waals surface area contributed by atoms with Gasteiger partial charge in [-0.05, 0) is 51.4 Å². The summed E-state index contributed by atoms with van der Waals surface area (Å²) in [6.07, 6.45) is 1.16. The Hall–Kier alpha value is -1.62. The van der Waals surface area contributed by atoms with Gasteiger partial charge in [-0.2, -0.15) is 0 Å². The van der Waals surface area contributed by atoms with Crippen LogP contribution in [0.1, 0.15) is 38.3 Å². The smallest absolute Gasteiger partial charge is 0.306 e. The second kappa shape index (κ2) is 5.79. The molecule has 4 nitrogen and oxygen atoms in total. The van der Waals surface area contributed by atoms with E-state index >= 15 is 0 Å². The van der Waals surface area contributed by atoms with Gasteiger partial charge < -0.3 is 10.2 Å². The molecule has 110 valence electrons. The maximum Gasteiger partial charge on any atom is 0.306 e. The van der Waals surface area contributed by atoms with E-state index in [-0.39, 0.29) is 29.6 Å². The lowest BCUT2D eigenvalue weighted by atomic mass is 9.89. The minimum absolute atomic E-state index is 0.0754. The van der Waals surface area contributed by atoms with Gasteiger partial charge in [0.1, 0.15) is 11.6 Å². The third-order valence-corrected chi connectivity index (χ3v) is 4.21. The monoisotopic (exact) mass is 281 g/mol. The largest absolute Gasteiger partial charge is 0.508 e. The summed E-state index contributed by atoms with van der Waals surface area (Å²) in [5.41, 5.74) is 0.547. The molecular formula is C15H20FNO3. The Morgan fingerprint density at radius 3 is 2.80 bits per heavy atom. The number of phenols is 1. The third kappa shape index (κ3) is 2.93. The number of carboxylic acids is 1. The van der Waals surface area contributed by atoms with E-state index in [1.54, 1.807) is 0 Å². The van der Waals surface area contributed by atoms with Crippen molar-refractivity contribution in [2.45, 2.75) is 38.8 Å². The molecule has 0 spiro atoms. The molecule has 0 amide bonds. The minimum atomic E-state index is -0.752. The first kappa shape index (κ1) is 14.8. The van der Waals surface area contributed by atoms with Crippen LogP contribution in [0.4, 0.5) is 4.39 Å². The van der Waals surface area contributed by atoms with Gasteiger partial charge in [0.05, 0.1) is 5.92 Å². The zero-order valence-corrected chi connectivity index (χ0v) is 11.7. The van der Waals surface area contributed by atoms with Crippen molar-refractivity contribution in [1.29, 1.82) is 0 Å². The number of halogens is 1. The standard InChI is InChI=1S/C15H20FNO3/c1-9-7-11(15(19)20)5-6-17(9)10(2)13-8-12(16)3-4-14(13)18/h3-4,8-11,18H,5-7H2,1-2H3,(H,19,20). The molecule has 1 aliphatic rings. The highest BCUT2D eigenvalue weighted by molar-refractivity contribution is 5.70. The molecule has 0 radical (unpaired) electrons. The van der Waals surface area contributed by atoms with Crippen LogP contribution in [0.2, 0.25) is 0 Å². The van der Waals surface area contributed by atoms with E-state index in [0.717, 1.165) is 0 Å². The van der Waals surface area contributed by atoms with Gasteiger partial charge in [-0.3, -0.25) is 9.69 Å². The van der Waals surface area contributed by atoms with E-state index in [9.17, 15) is 14.3 Å². The van der Waals surface area contributed by atoms with Crippen LogP contribution >= 0.6 is 0 Å². The first-order chi connectivity index (χ1) is 9.40. The van der Waals surface area contributed by atoms with Crippen LogP contribution < -0.4 is 0 Å². The second-order valence-electron chi connectivity index (χ2n) is 5.53. The first-order valence-electron chi connectivity index (χ1n) is 6.87. The van der Waals surface area contributed by atoms with Crippen LogP contribution in [0.25, 0.3) is 0 Å². The average molecular weight is 281 g/mol. The summed E-state index contributed by atoms with van der Waals surface area (Å²) in [7, 11) is 0. The Bertz CT molecular complexity index is 506. The maximum absolute atomic E-state index is 13.3. The zero-order chi connectivity index (χ0) is 14.9. The molecule has 3 unspecified atom stereocenters. The van der Waals surface area contributed by atoms with Crippen molar-refractivity contribution in [2.24, 2.45) is 5.92 Å². The first-order valence-corrected chi connectivity index (χ1v) is 6.87. The number of carbonyl (C=O) groups is 1. The van der Waals surface area contributed by atoms with Crippen molar-refractivity contribution in [3.63, 3.8) is 0 Å². The van der Waals surface area contributed by atoms with Gasteiger partial charge in [-0.1, -0.05) is 0 Å². The minimum Gasteiger partial charge on any atom is -0.508 e. The number of aromatic hydroxyl groups is 1. The number of aliphatic carboxylic acids is 1. The van der Waals surface area contributed by atoms with Gasteiger partial charge in [-0.15, -0.1) is 0 Å². The Kier molecular flexibility index (Phi) is 4.28. The summed E-state index contributed by atoms with van der Waals surface area (Å²) in [4.78, 5) is 13.2. The lowest BCUT2D eigenvalue weighted by Crippen LogP contribution is -2.43. The number of benzene rings is 1. The van der Waals surface area contributed by atoms with Crippen molar-refractivity contribution in [3.8, 4) is 5.75 Å². The van der Waals surface area contributed by atoms with Gasteiger partial charge >= 0.3 is 5.97 Å². The van der Waals surface area contributed by atoms with Gasteiger partial charge in [0.25, 0.3) is 0 Å². The molecule has 1 heterocycles. The SMILES string of the molecule is CC1CC(C(=O)O)CCN1C(C)c1cc(F)ccc1O. The van der Waals surface area contributed by atoms with E-state index in [0.29, 0.717) is 24.9 Å². The maximum atomic E-state index is 13.3. The van der Waals surface area contributed by atoms with E-state index < -0.39 is 5.97 Å². The van der Waals surface area contributed by atoms with E-state index in [1.165, 1.54) is 18.2 Å². The number of rotatable bonds is 3. The molecular weight excluding hydrogens is 261 g/mol. The highest BCUT2D eigenvalue weighted by Crippen LogP contribution is 2.34.